The molecule has 0 rings (SSSR count). The molecule has 68 valence electrons. The first-order valence-corrected chi connectivity index (χ1v) is 4.72. The molecule has 0 aliphatic rings. The Balaban J connectivity index is 3.96. The Morgan fingerprint density at radius 3 is 2.33 bits per heavy atom. The summed E-state index contributed by atoms with van der Waals surface area (Å²) in [5.74, 6) is 0.735. The van der Waals surface area contributed by atoms with Gasteiger partial charge in [-0.05, 0) is 25.7 Å². The molecule has 0 aromatic heterocycles. The molecule has 0 saturated heterocycles. The van der Waals surface area contributed by atoms with Gasteiger partial charge in [0.2, 0.25) is 0 Å². The molecule has 0 aliphatic carbocycles. The largest absolute Gasteiger partial charge is 0.0988 e. The van der Waals surface area contributed by atoms with Crippen molar-refractivity contribution in [1.82, 2.24) is 0 Å². The fourth-order valence-electron chi connectivity index (χ4n) is 0.993. The first-order valence-electron chi connectivity index (χ1n) is 4.72. The highest BCUT2D eigenvalue weighted by Gasteiger charge is 1.94. The average molecular weight is 164 g/mol. The third kappa shape index (κ3) is 4.95. The molecule has 0 N–H and O–H groups in total. The van der Waals surface area contributed by atoms with Crippen molar-refractivity contribution in [1.29, 1.82) is 0 Å². The van der Waals surface area contributed by atoms with Gasteiger partial charge in [-0.3, -0.25) is 0 Å². The lowest BCUT2D eigenvalue weighted by atomic mass is 10.0. The van der Waals surface area contributed by atoms with E-state index in [1.54, 1.807) is 0 Å². The molecule has 0 fully saturated rings. The lowest BCUT2D eigenvalue weighted by Gasteiger charge is -2.03. The summed E-state index contributed by atoms with van der Waals surface area (Å²) in [4.78, 5) is 0. The van der Waals surface area contributed by atoms with Gasteiger partial charge < -0.3 is 0 Å². The molecule has 12 heavy (non-hydrogen) atoms. The third-order valence-electron chi connectivity index (χ3n) is 2.11. The van der Waals surface area contributed by atoms with Crippen molar-refractivity contribution in [3.63, 3.8) is 0 Å². The summed E-state index contributed by atoms with van der Waals surface area (Å²) in [6.07, 6.45) is 10.8. The second-order valence-corrected chi connectivity index (χ2v) is 3.08. The smallest absolute Gasteiger partial charge is 0.0236 e. The van der Waals surface area contributed by atoms with E-state index in [1.165, 1.54) is 18.4 Å². The van der Waals surface area contributed by atoms with Crippen molar-refractivity contribution in [3.05, 3.63) is 36.5 Å². The van der Waals surface area contributed by atoms with Gasteiger partial charge >= 0.3 is 0 Å². The molecule has 0 aromatic rings. The van der Waals surface area contributed by atoms with Crippen LogP contribution in [-0.4, -0.2) is 0 Å². The van der Waals surface area contributed by atoms with Gasteiger partial charge in [-0.1, -0.05) is 50.3 Å². The molecule has 0 atom stereocenters. The summed E-state index contributed by atoms with van der Waals surface area (Å²) >= 11 is 0. The fourth-order valence-corrected chi connectivity index (χ4v) is 0.993. The highest BCUT2D eigenvalue weighted by molar-refractivity contribution is 5.19. The molecule has 0 saturated carbocycles. The van der Waals surface area contributed by atoms with Crippen LogP contribution in [0.25, 0.3) is 0 Å². The minimum absolute atomic E-state index is 0.735. The molecular weight excluding hydrogens is 144 g/mol. The maximum absolute atomic E-state index is 3.70. The van der Waals surface area contributed by atoms with Crippen molar-refractivity contribution in [3.8, 4) is 0 Å². The Labute approximate surface area is 76.7 Å². The van der Waals surface area contributed by atoms with Crippen LogP contribution < -0.4 is 0 Å². The number of allylic oxidation sites excluding steroid dienone is 5. The molecule has 0 aliphatic heterocycles. The van der Waals surface area contributed by atoms with E-state index in [0.29, 0.717) is 0 Å². The van der Waals surface area contributed by atoms with Crippen LogP contribution >= 0.6 is 0 Å². The third-order valence-corrected chi connectivity index (χ3v) is 2.11. The fraction of sp³-hybridized carbons (Fsp3) is 0.500. The van der Waals surface area contributed by atoms with Gasteiger partial charge in [0.1, 0.15) is 0 Å². The van der Waals surface area contributed by atoms with Crippen molar-refractivity contribution in [2.24, 2.45) is 5.92 Å². The molecule has 0 aromatic carbocycles. The molecular formula is C12H20. The first-order chi connectivity index (χ1) is 5.74. The van der Waals surface area contributed by atoms with Gasteiger partial charge in [0.05, 0.1) is 0 Å². The number of rotatable bonds is 5. The van der Waals surface area contributed by atoms with E-state index in [1.807, 2.05) is 6.08 Å². The van der Waals surface area contributed by atoms with Crippen LogP contribution in [0, 0.1) is 5.92 Å². The van der Waals surface area contributed by atoms with Gasteiger partial charge in [0, 0.05) is 0 Å². The molecule has 0 bridgehead atoms. The highest BCUT2D eigenvalue weighted by atomic mass is 14.0. The summed E-state index contributed by atoms with van der Waals surface area (Å²) in [5.41, 5.74) is 1.22. The van der Waals surface area contributed by atoms with Crippen LogP contribution in [0.4, 0.5) is 0 Å². The molecule has 0 spiro atoms. The summed E-state index contributed by atoms with van der Waals surface area (Å²) in [6.45, 7) is 10.2. The second-order valence-electron chi connectivity index (χ2n) is 3.08. The van der Waals surface area contributed by atoms with Crippen molar-refractivity contribution < 1.29 is 0 Å². The minimum Gasteiger partial charge on any atom is -0.0988 e. The molecule has 0 nitrogen and oxygen atoms in total. The van der Waals surface area contributed by atoms with Gasteiger partial charge in [-0.15, -0.1) is 0 Å². The monoisotopic (exact) mass is 164 g/mol. The average Bonchev–Trinajstić information content (AvgIpc) is 2.12. The lowest BCUT2D eigenvalue weighted by molar-refractivity contribution is 0.606. The lowest BCUT2D eigenvalue weighted by Crippen LogP contribution is -1.89. The zero-order valence-electron chi connectivity index (χ0n) is 8.51. The van der Waals surface area contributed by atoms with Crippen LogP contribution in [0.5, 0.6) is 0 Å². The van der Waals surface area contributed by atoms with E-state index < -0.39 is 0 Å². The molecule has 0 heteroatoms. The van der Waals surface area contributed by atoms with E-state index in [0.717, 1.165) is 5.92 Å². The molecule has 0 radical (unpaired) electrons. The van der Waals surface area contributed by atoms with Crippen molar-refractivity contribution >= 4 is 0 Å². The second kappa shape index (κ2) is 6.90. The predicted octanol–water partition coefficient (Wildman–Crippen LogP) is 4.11. The van der Waals surface area contributed by atoms with Gasteiger partial charge in [0.15, 0.2) is 0 Å². The summed E-state index contributed by atoms with van der Waals surface area (Å²) in [5, 5.41) is 0. The van der Waals surface area contributed by atoms with Crippen molar-refractivity contribution in [2.75, 3.05) is 0 Å². The minimum atomic E-state index is 0.735. The Kier molecular flexibility index (Phi) is 6.45. The normalized spacial score (nSPS) is 12.8. The van der Waals surface area contributed by atoms with Crippen molar-refractivity contribution in [2.45, 2.75) is 33.6 Å². The maximum atomic E-state index is 3.70. The standard InChI is InChI=1S/C12H20/c1-5-11(4)9-8-10-12(6-2)7-3/h5,8-10,12H,1,6-7H2,2-4H3/b10-8+,11-9-. The number of hydrogen-bond acceptors (Lipinski definition) is 0. The maximum Gasteiger partial charge on any atom is -0.0236 e. The zero-order chi connectivity index (χ0) is 9.40. The Morgan fingerprint density at radius 1 is 1.33 bits per heavy atom. The topological polar surface area (TPSA) is 0 Å². The van der Waals surface area contributed by atoms with Crippen LogP contribution in [0.3, 0.4) is 0 Å². The van der Waals surface area contributed by atoms with Gasteiger partial charge in [-0.25, -0.2) is 0 Å². The van der Waals surface area contributed by atoms with Crippen LogP contribution in [0.15, 0.2) is 36.5 Å². The molecule has 0 unspecified atom stereocenters. The van der Waals surface area contributed by atoms with Crippen LogP contribution in [0.2, 0.25) is 0 Å². The first kappa shape index (κ1) is 11.2. The van der Waals surface area contributed by atoms with Gasteiger partial charge in [-0.2, -0.15) is 0 Å². The highest BCUT2D eigenvalue weighted by Crippen LogP contribution is 2.09. The summed E-state index contributed by atoms with van der Waals surface area (Å²) in [7, 11) is 0. The predicted molar refractivity (Wildman–Crippen MR) is 57.2 cm³/mol. The summed E-state index contributed by atoms with van der Waals surface area (Å²) in [6, 6.07) is 0. The van der Waals surface area contributed by atoms with Crippen LogP contribution in [0.1, 0.15) is 33.6 Å². The summed E-state index contributed by atoms with van der Waals surface area (Å²) < 4.78 is 0. The Bertz CT molecular complexity index is 168. The van der Waals surface area contributed by atoms with E-state index >= 15 is 0 Å². The van der Waals surface area contributed by atoms with Crippen LogP contribution in [-0.2, 0) is 0 Å². The number of hydrogen-bond donors (Lipinski definition) is 0. The Hall–Kier alpha value is -0.780. The quantitative estimate of drug-likeness (QED) is 0.536. The van der Waals surface area contributed by atoms with E-state index in [9.17, 15) is 0 Å². The van der Waals surface area contributed by atoms with E-state index in [4.69, 9.17) is 0 Å². The van der Waals surface area contributed by atoms with E-state index in [2.05, 4.69) is 45.6 Å². The SMILES string of the molecule is C=C/C(C)=C\C=C\C(CC)CC. The molecule has 0 heterocycles. The molecule has 0 amide bonds. The van der Waals surface area contributed by atoms with E-state index in [-0.39, 0.29) is 0 Å². The van der Waals surface area contributed by atoms with Gasteiger partial charge in [0.25, 0.3) is 0 Å². The zero-order valence-corrected chi connectivity index (χ0v) is 8.51. The Morgan fingerprint density at radius 2 is 1.92 bits per heavy atom.